The summed E-state index contributed by atoms with van der Waals surface area (Å²) in [7, 11) is 4.04. The van der Waals surface area contributed by atoms with Crippen LogP contribution in [-0.4, -0.2) is 31.5 Å². The highest BCUT2D eigenvalue weighted by Gasteiger charge is 2.01. The molecule has 76 valence electrons. The molecule has 4 nitrogen and oxygen atoms in total. The highest BCUT2D eigenvalue weighted by Crippen LogP contribution is 2.00. The van der Waals surface area contributed by atoms with Crippen molar-refractivity contribution in [2.24, 2.45) is 5.90 Å². The van der Waals surface area contributed by atoms with Crippen molar-refractivity contribution in [2.45, 2.75) is 19.8 Å². The second-order valence-electron chi connectivity index (χ2n) is 3.24. The number of hydrogen-bond donors (Lipinski definition) is 1. The van der Waals surface area contributed by atoms with Gasteiger partial charge in [0.05, 0.1) is 0 Å². The first-order valence-corrected chi connectivity index (χ1v) is 4.30. The van der Waals surface area contributed by atoms with Crippen molar-refractivity contribution in [3.63, 3.8) is 0 Å². The summed E-state index contributed by atoms with van der Waals surface area (Å²) in [5, 5.41) is 0. The van der Waals surface area contributed by atoms with E-state index in [0.717, 1.165) is 19.4 Å². The van der Waals surface area contributed by atoms with E-state index in [-0.39, 0.29) is 0 Å². The van der Waals surface area contributed by atoms with Crippen molar-refractivity contribution in [1.29, 1.82) is 0 Å². The molecule has 0 radical (unpaired) electrons. The molecule has 0 aliphatic heterocycles. The molecule has 0 heterocycles. The van der Waals surface area contributed by atoms with Crippen LogP contribution in [0.5, 0.6) is 0 Å². The van der Waals surface area contributed by atoms with Gasteiger partial charge in [0.15, 0.2) is 0 Å². The smallest absolute Gasteiger partial charge is 0.351 e. The summed E-state index contributed by atoms with van der Waals surface area (Å²) in [6.45, 7) is 2.71. The normalized spacial score (nSPS) is 11.9. The van der Waals surface area contributed by atoms with Crippen LogP contribution in [0.4, 0.5) is 0 Å². The molecule has 0 atom stereocenters. The molecule has 0 rings (SSSR count). The van der Waals surface area contributed by atoms with Gasteiger partial charge in [-0.25, -0.2) is 4.79 Å². The molecule has 0 spiro atoms. The summed E-state index contributed by atoms with van der Waals surface area (Å²) >= 11 is 0. The van der Waals surface area contributed by atoms with Gasteiger partial charge in [0, 0.05) is 5.57 Å². The van der Waals surface area contributed by atoms with E-state index in [0.29, 0.717) is 5.57 Å². The van der Waals surface area contributed by atoms with Gasteiger partial charge >= 0.3 is 5.97 Å². The zero-order valence-corrected chi connectivity index (χ0v) is 8.54. The zero-order chi connectivity index (χ0) is 10.3. The lowest BCUT2D eigenvalue weighted by molar-refractivity contribution is -0.139. The Kier molecular flexibility index (Phi) is 6.18. The predicted octanol–water partition coefficient (Wildman–Crippen LogP) is 0.691. The largest absolute Gasteiger partial charge is 0.370 e. The second-order valence-corrected chi connectivity index (χ2v) is 3.24. The first-order chi connectivity index (χ1) is 6.07. The monoisotopic (exact) mass is 186 g/mol. The SMILES string of the molecule is CC(=CCCCN(C)C)C(=O)ON. The fourth-order valence-electron chi connectivity index (χ4n) is 0.902. The molecule has 0 saturated heterocycles. The Bertz CT molecular complexity index is 188. The van der Waals surface area contributed by atoms with Crippen LogP contribution < -0.4 is 5.90 Å². The number of nitrogens with two attached hydrogens (primary N) is 1. The summed E-state index contributed by atoms with van der Waals surface area (Å²) in [6, 6.07) is 0. The first-order valence-electron chi connectivity index (χ1n) is 4.30. The minimum absolute atomic E-state index is 0.454. The van der Waals surface area contributed by atoms with Gasteiger partial charge in [0.2, 0.25) is 0 Å². The maximum atomic E-state index is 10.8. The van der Waals surface area contributed by atoms with Gasteiger partial charge in [-0.1, -0.05) is 6.08 Å². The van der Waals surface area contributed by atoms with Crippen molar-refractivity contribution < 1.29 is 9.63 Å². The van der Waals surface area contributed by atoms with E-state index in [9.17, 15) is 4.79 Å². The van der Waals surface area contributed by atoms with Crippen molar-refractivity contribution >= 4 is 5.97 Å². The molecule has 2 N–H and O–H groups in total. The molecule has 0 saturated carbocycles. The average Bonchev–Trinajstić information content (AvgIpc) is 2.10. The summed E-state index contributed by atoms with van der Waals surface area (Å²) in [4.78, 5) is 17.0. The maximum Gasteiger partial charge on any atom is 0.351 e. The van der Waals surface area contributed by atoms with E-state index in [1.807, 2.05) is 20.2 Å². The molecule has 13 heavy (non-hydrogen) atoms. The predicted molar refractivity (Wildman–Crippen MR) is 51.8 cm³/mol. The zero-order valence-electron chi connectivity index (χ0n) is 8.54. The third-order valence-corrected chi connectivity index (χ3v) is 1.69. The Morgan fingerprint density at radius 2 is 2.15 bits per heavy atom. The molecule has 0 aliphatic carbocycles. The molecular weight excluding hydrogens is 168 g/mol. The minimum atomic E-state index is -0.454. The molecule has 0 aromatic heterocycles. The second kappa shape index (κ2) is 6.62. The van der Waals surface area contributed by atoms with Crippen LogP contribution in [0.15, 0.2) is 11.6 Å². The van der Waals surface area contributed by atoms with Gasteiger partial charge in [-0.2, -0.15) is 5.90 Å². The number of nitrogens with zero attached hydrogens (tertiary/aromatic N) is 1. The lowest BCUT2D eigenvalue weighted by atomic mass is 10.2. The van der Waals surface area contributed by atoms with Gasteiger partial charge in [0.1, 0.15) is 0 Å². The quantitative estimate of drug-likeness (QED) is 0.390. The van der Waals surface area contributed by atoms with Crippen molar-refractivity contribution in [3.8, 4) is 0 Å². The molecule has 0 bridgehead atoms. The third kappa shape index (κ3) is 6.31. The molecule has 0 amide bonds. The number of hydrogen-bond acceptors (Lipinski definition) is 4. The molecule has 0 aliphatic rings. The molecule has 4 heteroatoms. The number of rotatable bonds is 5. The van der Waals surface area contributed by atoms with Crippen LogP contribution in [0.25, 0.3) is 0 Å². The highest BCUT2D eigenvalue weighted by molar-refractivity contribution is 5.87. The molecule has 0 aromatic carbocycles. The molecule has 0 fully saturated rings. The Balaban J connectivity index is 3.65. The summed E-state index contributed by atoms with van der Waals surface area (Å²) in [5.74, 6) is 4.27. The van der Waals surface area contributed by atoms with E-state index in [2.05, 4.69) is 9.74 Å². The van der Waals surface area contributed by atoms with Gasteiger partial charge in [-0.05, 0) is 40.4 Å². The number of allylic oxidation sites excluding steroid dienone is 1. The summed E-state index contributed by atoms with van der Waals surface area (Å²) in [6.07, 6.45) is 3.75. The Labute approximate surface area is 79.3 Å². The van der Waals surface area contributed by atoms with E-state index >= 15 is 0 Å². The van der Waals surface area contributed by atoms with Crippen LogP contribution >= 0.6 is 0 Å². The van der Waals surface area contributed by atoms with Gasteiger partial charge in [-0.15, -0.1) is 0 Å². The van der Waals surface area contributed by atoms with Gasteiger partial charge in [-0.3, -0.25) is 0 Å². The van der Waals surface area contributed by atoms with Crippen LogP contribution in [0, 0.1) is 0 Å². The van der Waals surface area contributed by atoms with E-state index in [4.69, 9.17) is 5.90 Å². The fraction of sp³-hybridized carbons (Fsp3) is 0.667. The van der Waals surface area contributed by atoms with Gasteiger partial charge in [0.25, 0.3) is 0 Å². The molecular formula is C9H18N2O2. The Morgan fingerprint density at radius 1 is 1.54 bits per heavy atom. The van der Waals surface area contributed by atoms with Crippen LogP contribution in [0.1, 0.15) is 19.8 Å². The van der Waals surface area contributed by atoms with E-state index in [1.165, 1.54) is 0 Å². The van der Waals surface area contributed by atoms with Crippen LogP contribution in [0.3, 0.4) is 0 Å². The van der Waals surface area contributed by atoms with Crippen molar-refractivity contribution in [3.05, 3.63) is 11.6 Å². The highest BCUT2D eigenvalue weighted by atomic mass is 16.7. The molecule has 0 aromatic rings. The number of carbonyl (C=O) groups excluding carboxylic acids is 1. The lowest BCUT2D eigenvalue weighted by Crippen LogP contribution is -2.13. The Hall–Kier alpha value is -0.870. The lowest BCUT2D eigenvalue weighted by Gasteiger charge is -2.07. The van der Waals surface area contributed by atoms with Crippen molar-refractivity contribution in [1.82, 2.24) is 4.90 Å². The topological polar surface area (TPSA) is 55.6 Å². The number of unbranched alkanes of at least 4 members (excludes halogenated alkanes) is 1. The fourth-order valence-corrected chi connectivity index (χ4v) is 0.902. The van der Waals surface area contributed by atoms with Gasteiger partial charge < -0.3 is 9.74 Å². The van der Waals surface area contributed by atoms with Crippen molar-refractivity contribution in [2.75, 3.05) is 20.6 Å². The first kappa shape index (κ1) is 12.1. The number of carbonyl (C=O) groups is 1. The molecule has 0 unspecified atom stereocenters. The average molecular weight is 186 g/mol. The standard InChI is InChI=1S/C9H18N2O2/c1-8(9(12)13-10)6-4-5-7-11(2)3/h6H,4-5,7,10H2,1-3H3. The van der Waals surface area contributed by atoms with Crippen LogP contribution in [-0.2, 0) is 9.63 Å². The maximum absolute atomic E-state index is 10.8. The van der Waals surface area contributed by atoms with Crippen LogP contribution in [0.2, 0.25) is 0 Å². The third-order valence-electron chi connectivity index (χ3n) is 1.69. The minimum Gasteiger partial charge on any atom is -0.370 e. The summed E-state index contributed by atoms with van der Waals surface area (Å²) < 4.78 is 0. The van der Waals surface area contributed by atoms with E-state index in [1.54, 1.807) is 6.92 Å². The summed E-state index contributed by atoms with van der Waals surface area (Å²) in [5.41, 5.74) is 0.571. The van der Waals surface area contributed by atoms with E-state index < -0.39 is 5.97 Å². The Morgan fingerprint density at radius 3 is 2.62 bits per heavy atom.